The lowest BCUT2D eigenvalue weighted by atomic mass is 10.1. The molecule has 0 fully saturated rings. The van der Waals surface area contributed by atoms with Gasteiger partial charge in [0.2, 0.25) is 5.91 Å². The highest BCUT2D eigenvalue weighted by Gasteiger charge is 2.09. The molecule has 19 heavy (non-hydrogen) atoms. The molecule has 0 aliphatic heterocycles. The summed E-state index contributed by atoms with van der Waals surface area (Å²) in [7, 11) is 0. The van der Waals surface area contributed by atoms with Gasteiger partial charge in [-0.05, 0) is 36.2 Å². The highest BCUT2D eigenvalue weighted by molar-refractivity contribution is 5.99. The number of carbonyl (C=O) groups excluding carboxylic acids is 2. The minimum absolute atomic E-state index is 0.0262. The predicted molar refractivity (Wildman–Crippen MR) is 70.1 cm³/mol. The van der Waals surface area contributed by atoms with E-state index in [0.717, 1.165) is 5.56 Å². The molecule has 0 aliphatic rings. The smallest absolute Gasteiger partial charge is 0.220 e. The molecule has 0 atom stereocenters. The van der Waals surface area contributed by atoms with Gasteiger partial charge in [-0.25, -0.2) is 0 Å². The predicted octanol–water partition coefficient (Wildman–Crippen LogP) is 1.68. The van der Waals surface area contributed by atoms with Crippen molar-refractivity contribution in [1.82, 2.24) is 5.32 Å². The summed E-state index contributed by atoms with van der Waals surface area (Å²) in [5.74, 6) is -0.418. The van der Waals surface area contributed by atoms with E-state index < -0.39 is 0 Å². The van der Waals surface area contributed by atoms with E-state index in [1.807, 2.05) is 0 Å². The van der Waals surface area contributed by atoms with E-state index in [9.17, 15) is 14.5 Å². The SMILES string of the molecule is CC(=O)c1cc(CNC(=O)CCCO)ccc1N=O. The summed E-state index contributed by atoms with van der Waals surface area (Å²) in [6.45, 7) is 1.60. The number of Topliss-reactive ketones (excluding diaryl/α,β-unsaturated/α-hetero) is 1. The first-order valence-electron chi connectivity index (χ1n) is 5.93. The second kappa shape index (κ2) is 7.38. The second-order valence-electron chi connectivity index (χ2n) is 4.10. The summed E-state index contributed by atoms with van der Waals surface area (Å²) in [5, 5.41) is 14.0. The van der Waals surface area contributed by atoms with Crippen molar-refractivity contribution in [2.75, 3.05) is 6.61 Å². The van der Waals surface area contributed by atoms with Crippen LogP contribution in [0.3, 0.4) is 0 Å². The van der Waals surface area contributed by atoms with E-state index in [4.69, 9.17) is 5.11 Å². The Bertz CT molecular complexity index is 486. The summed E-state index contributed by atoms with van der Waals surface area (Å²) in [6.07, 6.45) is 0.669. The lowest BCUT2D eigenvalue weighted by Gasteiger charge is -2.07. The zero-order chi connectivity index (χ0) is 14.3. The maximum Gasteiger partial charge on any atom is 0.220 e. The van der Waals surface area contributed by atoms with Crippen molar-refractivity contribution in [2.24, 2.45) is 5.18 Å². The number of ketones is 1. The van der Waals surface area contributed by atoms with E-state index in [0.29, 0.717) is 6.42 Å². The summed E-state index contributed by atoms with van der Waals surface area (Å²) in [6, 6.07) is 4.64. The third kappa shape index (κ3) is 4.59. The van der Waals surface area contributed by atoms with E-state index in [2.05, 4.69) is 10.5 Å². The third-order valence-electron chi connectivity index (χ3n) is 2.59. The largest absolute Gasteiger partial charge is 0.396 e. The molecular weight excluding hydrogens is 248 g/mol. The van der Waals surface area contributed by atoms with Gasteiger partial charge in [-0.15, -0.1) is 4.91 Å². The number of nitrogens with one attached hydrogen (secondary N) is 1. The van der Waals surface area contributed by atoms with Gasteiger partial charge in [0.15, 0.2) is 5.78 Å². The molecule has 0 spiro atoms. The third-order valence-corrected chi connectivity index (χ3v) is 2.59. The Labute approximate surface area is 110 Å². The van der Waals surface area contributed by atoms with Gasteiger partial charge in [-0.2, -0.15) is 0 Å². The first kappa shape index (κ1) is 15.0. The molecule has 6 heteroatoms. The van der Waals surface area contributed by atoms with Crippen LogP contribution in [-0.4, -0.2) is 23.4 Å². The van der Waals surface area contributed by atoms with Crippen LogP contribution in [0.1, 0.15) is 35.7 Å². The van der Waals surface area contributed by atoms with Crippen molar-refractivity contribution < 1.29 is 14.7 Å². The summed E-state index contributed by atoms with van der Waals surface area (Å²) in [5.41, 5.74) is 1.06. The fourth-order valence-corrected chi connectivity index (χ4v) is 1.58. The highest BCUT2D eigenvalue weighted by Crippen LogP contribution is 2.21. The van der Waals surface area contributed by atoms with Crippen molar-refractivity contribution in [2.45, 2.75) is 26.3 Å². The average Bonchev–Trinajstić information content (AvgIpc) is 2.42. The molecule has 2 N–H and O–H groups in total. The van der Waals surface area contributed by atoms with Gasteiger partial charge in [0.1, 0.15) is 5.69 Å². The zero-order valence-corrected chi connectivity index (χ0v) is 10.7. The molecule has 0 saturated carbocycles. The quantitative estimate of drug-likeness (QED) is 0.578. The molecule has 0 unspecified atom stereocenters. The van der Waals surface area contributed by atoms with Crippen LogP contribution in [0, 0.1) is 4.91 Å². The number of nitrogens with zero attached hydrogens (tertiary/aromatic N) is 1. The zero-order valence-electron chi connectivity index (χ0n) is 10.7. The van der Waals surface area contributed by atoms with Crippen LogP contribution in [0.15, 0.2) is 23.4 Å². The number of carbonyl (C=O) groups is 2. The minimum atomic E-state index is -0.247. The number of benzene rings is 1. The second-order valence-corrected chi connectivity index (χ2v) is 4.10. The summed E-state index contributed by atoms with van der Waals surface area (Å²) < 4.78 is 0. The van der Waals surface area contributed by atoms with Crippen molar-refractivity contribution >= 4 is 17.4 Å². The molecule has 1 aromatic carbocycles. The molecule has 1 rings (SSSR count). The van der Waals surface area contributed by atoms with E-state index in [1.165, 1.54) is 13.0 Å². The Morgan fingerprint density at radius 1 is 1.37 bits per heavy atom. The lowest BCUT2D eigenvalue weighted by molar-refractivity contribution is -0.121. The van der Waals surface area contributed by atoms with E-state index in [-0.39, 0.29) is 42.5 Å². The summed E-state index contributed by atoms with van der Waals surface area (Å²) in [4.78, 5) is 33.2. The fourth-order valence-electron chi connectivity index (χ4n) is 1.58. The first-order valence-corrected chi connectivity index (χ1v) is 5.93. The van der Waals surface area contributed by atoms with E-state index in [1.54, 1.807) is 12.1 Å². The number of amides is 1. The van der Waals surface area contributed by atoms with Crippen molar-refractivity contribution in [3.05, 3.63) is 34.2 Å². The van der Waals surface area contributed by atoms with Crippen LogP contribution in [0.2, 0.25) is 0 Å². The van der Waals surface area contributed by atoms with Gasteiger partial charge in [-0.1, -0.05) is 6.07 Å². The maximum atomic E-state index is 11.4. The lowest BCUT2D eigenvalue weighted by Crippen LogP contribution is -2.22. The van der Waals surface area contributed by atoms with Crippen LogP contribution < -0.4 is 5.32 Å². The molecule has 0 saturated heterocycles. The standard InChI is InChI=1S/C13H16N2O4/c1-9(17)11-7-10(4-5-12(11)15-19)8-14-13(18)3-2-6-16/h4-5,7,16H,2-3,6,8H2,1H3,(H,14,18). The molecular formula is C13H16N2O4. The highest BCUT2D eigenvalue weighted by atomic mass is 16.3. The number of hydrogen-bond acceptors (Lipinski definition) is 5. The van der Waals surface area contributed by atoms with Crippen LogP contribution >= 0.6 is 0 Å². The fraction of sp³-hybridized carbons (Fsp3) is 0.385. The van der Waals surface area contributed by atoms with Crippen LogP contribution in [0.5, 0.6) is 0 Å². The van der Waals surface area contributed by atoms with Gasteiger partial charge in [0.05, 0.1) is 0 Å². The Morgan fingerprint density at radius 3 is 2.68 bits per heavy atom. The monoisotopic (exact) mass is 264 g/mol. The topological polar surface area (TPSA) is 95.8 Å². The van der Waals surface area contributed by atoms with Gasteiger partial charge >= 0.3 is 0 Å². The number of aliphatic hydroxyl groups excluding tert-OH is 1. The molecule has 0 aromatic heterocycles. The van der Waals surface area contributed by atoms with Crippen LogP contribution in [0.25, 0.3) is 0 Å². The molecule has 0 aliphatic carbocycles. The van der Waals surface area contributed by atoms with Crippen LogP contribution in [-0.2, 0) is 11.3 Å². The maximum absolute atomic E-state index is 11.4. The molecule has 102 valence electrons. The van der Waals surface area contributed by atoms with Gasteiger partial charge in [0, 0.05) is 25.1 Å². The van der Waals surface area contributed by atoms with Crippen molar-refractivity contribution in [1.29, 1.82) is 0 Å². The number of hydrogen-bond donors (Lipinski definition) is 2. The van der Waals surface area contributed by atoms with Crippen LogP contribution in [0.4, 0.5) is 5.69 Å². The molecule has 0 bridgehead atoms. The Balaban J connectivity index is 2.69. The Morgan fingerprint density at radius 2 is 2.11 bits per heavy atom. The van der Waals surface area contributed by atoms with Crippen molar-refractivity contribution in [3.8, 4) is 0 Å². The van der Waals surface area contributed by atoms with Crippen molar-refractivity contribution in [3.63, 3.8) is 0 Å². The van der Waals surface area contributed by atoms with E-state index >= 15 is 0 Å². The molecule has 0 heterocycles. The van der Waals surface area contributed by atoms with Gasteiger partial charge < -0.3 is 10.4 Å². The number of rotatable bonds is 7. The number of nitroso groups, excluding NO2 is 1. The first-order chi connectivity index (χ1) is 9.08. The summed E-state index contributed by atoms with van der Waals surface area (Å²) >= 11 is 0. The molecule has 0 radical (unpaired) electrons. The van der Waals surface area contributed by atoms with Gasteiger partial charge in [0.25, 0.3) is 0 Å². The minimum Gasteiger partial charge on any atom is -0.396 e. The Hall–Kier alpha value is -2.08. The molecule has 1 aromatic rings. The normalized spacial score (nSPS) is 10.0. The average molecular weight is 264 g/mol. The number of aliphatic hydroxyl groups is 1. The Kier molecular flexibility index (Phi) is 5.81. The molecule has 6 nitrogen and oxygen atoms in total. The van der Waals surface area contributed by atoms with Gasteiger partial charge in [-0.3, -0.25) is 9.59 Å². The molecule has 1 amide bonds.